The number of imide groups is 1. The van der Waals surface area contributed by atoms with Crippen molar-refractivity contribution in [2.24, 2.45) is 0 Å². The van der Waals surface area contributed by atoms with E-state index in [1.807, 2.05) is 0 Å². The number of hydrogen-bond donors (Lipinski definition) is 1. The molecular weight excluding hydrogens is 349 g/mol. The van der Waals surface area contributed by atoms with Crippen molar-refractivity contribution in [3.8, 4) is 0 Å². The number of halogens is 3. The molecule has 0 spiro atoms. The molecule has 0 saturated carbocycles. The summed E-state index contributed by atoms with van der Waals surface area (Å²) in [5.41, 5.74) is -5.23. The fraction of sp³-hybridized carbons (Fsp3) is 0.286. The van der Waals surface area contributed by atoms with Gasteiger partial charge in [0.05, 0.1) is 11.4 Å². The van der Waals surface area contributed by atoms with E-state index in [0.29, 0.717) is 0 Å². The average molecular weight is 362 g/mol. The fourth-order valence-corrected chi connectivity index (χ4v) is 2.67. The molecule has 0 aliphatic carbocycles. The summed E-state index contributed by atoms with van der Waals surface area (Å²) < 4.78 is 61.4. The van der Waals surface area contributed by atoms with E-state index in [1.165, 1.54) is 37.6 Å². The molecule has 0 aromatic heterocycles. The van der Waals surface area contributed by atoms with Crippen LogP contribution in [-0.2, 0) is 19.6 Å². The van der Waals surface area contributed by atoms with Gasteiger partial charge in [0, 0.05) is 11.1 Å². The molecule has 130 valence electrons. The van der Waals surface area contributed by atoms with Gasteiger partial charge in [0.25, 0.3) is 11.8 Å². The van der Waals surface area contributed by atoms with Crippen molar-refractivity contribution < 1.29 is 31.2 Å². The number of aryl methyl sites for hydroxylation is 1. The normalized spacial score (nSPS) is 16.2. The molecule has 1 N–H and O–H groups in total. The third-order valence-electron chi connectivity index (χ3n) is 3.64. The molecule has 1 aromatic rings. The second-order valence-corrected chi connectivity index (χ2v) is 6.92. The quantitative estimate of drug-likeness (QED) is 0.838. The van der Waals surface area contributed by atoms with Crippen molar-refractivity contribution in [3.63, 3.8) is 0 Å². The highest BCUT2D eigenvalue weighted by atomic mass is 32.2. The monoisotopic (exact) mass is 362 g/mol. The van der Waals surface area contributed by atoms with Crippen LogP contribution in [0.15, 0.2) is 29.3 Å². The molecule has 0 fully saturated rings. The van der Waals surface area contributed by atoms with Crippen LogP contribution in [0.4, 0.5) is 24.5 Å². The maximum absolute atomic E-state index is 12.5. The molecule has 0 bridgehead atoms. The van der Waals surface area contributed by atoms with Crippen molar-refractivity contribution >= 4 is 33.2 Å². The van der Waals surface area contributed by atoms with Crippen molar-refractivity contribution in [2.45, 2.75) is 26.3 Å². The lowest BCUT2D eigenvalue weighted by molar-refractivity contribution is -0.120. The Morgan fingerprint density at radius 3 is 1.96 bits per heavy atom. The molecule has 0 unspecified atom stereocenters. The smallest absolute Gasteiger partial charge is 0.276 e. The minimum Gasteiger partial charge on any atom is -0.276 e. The Morgan fingerprint density at radius 1 is 1.00 bits per heavy atom. The van der Waals surface area contributed by atoms with Crippen molar-refractivity contribution in [2.75, 3.05) is 9.62 Å². The maximum atomic E-state index is 12.5. The van der Waals surface area contributed by atoms with Crippen LogP contribution in [-0.4, -0.2) is 25.7 Å². The minimum absolute atomic E-state index is 0.0216. The molecule has 1 aliphatic rings. The second kappa shape index (κ2) is 5.62. The lowest BCUT2D eigenvalue weighted by Crippen LogP contribution is -2.32. The number of carbonyl (C=O) groups excluding carboxylic acids is 2. The summed E-state index contributed by atoms with van der Waals surface area (Å²) in [5.74, 6) is -1.21. The van der Waals surface area contributed by atoms with Gasteiger partial charge in [-0.2, -0.15) is 21.6 Å². The zero-order valence-corrected chi connectivity index (χ0v) is 13.7. The highest BCUT2D eigenvalue weighted by Gasteiger charge is 2.46. The Morgan fingerprint density at radius 2 is 1.50 bits per heavy atom. The van der Waals surface area contributed by atoms with Crippen molar-refractivity contribution in [3.05, 3.63) is 34.9 Å². The number of hydrogen-bond acceptors (Lipinski definition) is 4. The molecule has 1 aliphatic heterocycles. The molecular formula is C14H13F3N2O4S. The Hall–Kier alpha value is -2.36. The lowest BCUT2D eigenvalue weighted by atomic mass is 10.1. The number of nitrogens with one attached hydrogen (secondary N) is 1. The van der Waals surface area contributed by atoms with Crippen LogP contribution in [0.5, 0.6) is 0 Å². The van der Waals surface area contributed by atoms with Gasteiger partial charge in [-0.25, -0.2) is 4.90 Å². The first-order valence-electron chi connectivity index (χ1n) is 6.63. The summed E-state index contributed by atoms with van der Waals surface area (Å²) in [7, 11) is -5.61. The molecule has 10 heteroatoms. The van der Waals surface area contributed by atoms with Gasteiger partial charge >= 0.3 is 15.5 Å². The van der Waals surface area contributed by atoms with Crippen LogP contribution >= 0.6 is 0 Å². The summed E-state index contributed by atoms with van der Waals surface area (Å²) in [6.45, 7) is 4.30. The van der Waals surface area contributed by atoms with Gasteiger partial charge in [0.2, 0.25) is 0 Å². The van der Waals surface area contributed by atoms with E-state index in [0.717, 1.165) is 11.0 Å². The topological polar surface area (TPSA) is 83.6 Å². The summed E-state index contributed by atoms with van der Waals surface area (Å²) in [4.78, 5) is 25.0. The lowest BCUT2D eigenvalue weighted by Gasteiger charge is -2.18. The SMILES string of the molecule is CC1=C(C)C(=O)N(c2ccc(C)c(NS(=O)(=O)C(F)(F)F)c2)C1=O. The van der Waals surface area contributed by atoms with E-state index >= 15 is 0 Å². The zero-order valence-electron chi connectivity index (χ0n) is 12.9. The Bertz CT molecular complexity index is 848. The Kier molecular flexibility index (Phi) is 4.21. The maximum Gasteiger partial charge on any atom is 0.516 e. The van der Waals surface area contributed by atoms with E-state index in [-0.39, 0.29) is 28.1 Å². The molecule has 2 amide bonds. The summed E-state index contributed by atoms with van der Waals surface area (Å²) >= 11 is 0. The van der Waals surface area contributed by atoms with E-state index in [1.54, 1.807) is 0 Å². The van der Waals surface area contributed by atoms with Crippen LogP contribution in [0.3, 0.4) is 0 Å². The Balaban J connectivity index is 2.45. The highest BCUT2D eigenvalue weighted by Crippen LogP contribution is 2.32. The standard InChI is InChI=1S/C14H13F3N2O4S/c1-7-4-5-10(19-12(20)8(2)9(3)13(19)21)6-11(7)18-24(22,23)14(15,16)17/h4-6,18H,1-3H3. The number of anilines is 2. The van der Waals surface area contributed by atoms with Crippen molar-refractivity contribution in [1.82, 2.24) is 0 Å². The van der Waals surface area contributed by atoms with Gasteiger partial charge in [-0.15, -0.1) is 0 Å². The predicted octanol–water partition coefficient (Wildman–Crippen LogP) is 2.47. The first-order valence-corrected chi connectivity index (χ1v) is 8.11. The molecule has 1 aromatic carbocycles. The van der Waals surface area contributed by atoms with Crippen LogP contribution in [0.1, 0.15) is 19.4 Å². The predicted molar refractivity (Wildman–Crippen MR) is 80.6 cm³/mol. The number of sulfonamides is 1. The number of nitrogens with zero attached hydrogens (tertiary/aromatic N) is 1. The van der Waals surface area contributed by atoms with E-state index in [2.05, 4.69) is 0 Å². The van der Waals surface area contributed by atoms with E-state index in [9.17, 15) is 31.2 Å². The fourth-order valence-electron chi connectivity index (χ4n) is 2.04. The first kappa shape index (κ1) is 18.0. The summed E-state index contributed by atoms with van der Waals surface area (Å²) in [5, 5.41) is 0. The van der Waals surface area contributed by atoms with Crippen LogP contribution in [0.2, 0.25) is 0 Å². The number of amides is 2. The van der Waals surface area contributed by atoms with Gasteiger partial charge in [-0.1, -0.05) is 6.07 Å². The highest BCUT2D eigenvalue weighted by molar-refractivity contribution is 7.93. The third kappa shape index (κ3) is 2.88. The zero-order chi connectivity index (χ0) is 18.4. The van der Waals surface area contributed by atoms with Crippen LogP contribution in [0, 0.1) is 6.92 Å². The summed E-state index contributed by atoms with van der Waals surface area (Å²) in [6.07, 6.45) is 0. The second-order valence-electron chi connectivity index (χ2n) is 5.25. The van der Waals surface area contributed by atoms with Crippen LogP contribution < -0.4 is 9.62 Å². The van der Waals surface area contributed by atoms with E-state index in [4.69, 9.17) is 0 Å². The molecule has 24 heavy (non-hydrogen) atoms. The summed E-state index contributed by atoms with van der Waals surface area (Å²) in [6, 6.07) is 3.68. The number of carbonyl (C=O) groups is 2. The Labute approximate surface area is 136 Å². The minimum atomic E-state index is -5.61. The van der Waals surface area contributed by atoms with Gasteiger partial charge in [0.1, 0.15) is 0 Å². The number of alkyl halides is 3. The largest absolute Gasteiger partial charge is 0.516 e. The van der Waals surface area contributed by atoms with E-state index < -0.39 is 27.3 Å². The molecule has 0 radical (unpaired) electrons. The number of rotatable bonds is 3. The van der Waals surface area contributed by atoms with Gasteiger partial charge in [-0.3, -0.25) is 14.3 Å². The number of benzene rings is 1. The van der Waals surface area contributed by atoms with Gasteiger partial charge in [-0.05, 0) is 38.5 Å². The molecule has 0 atom stereocenters. The average Bonchev–Trinajstić information content (AvgIpc) is 2.64. The van der Waals surface area contributed by atoms with Crippen molar-refractivity contribution in [1.29, 1.82) is 0 Å². The molecule has 6 nitrogen and oxygen atoms in total. The van der Waals surface area contributed by atoms with Crippen LogP contribution in [0.25, 0.3) is 0 Å². The third-order valence-corrected chi connectivity index (χ3v) is 4.74. The first-order chi connectivity index (χ1) is 10.9. The van der Waals surface area contributed by atoms with Gasteiger partial charge in [0.15, 0.2) is 0 Å². The van der Waals surface area contributed by atoms with Gasteiger partial charge < -0.3 is 0 Å². The molecule has 0 saturated heterocycles. The molecule has 2 rings (SSSR count). The molecule has 1 heterocycles.